The van der Waals surface area contributed by atoms with Crippen LogP contribution in [0.4, 0.5) is 11.4 Å². The van der Waals surface area contributed by atoms with Crippen LogP contribution in [-0.4, -0.2) is 38.5 Å². The summed E-state index contributed by atoms with van der Waals surface area (Å²) in [7, 11) is 3.90. The molecule has 1 saturated heterocycles. The summed E-state index contributed by atoms with van der Waals surface area (Å²) in [5.74, 6) is -0.267. The second-order valence-electron chi connectivity index (χ2n) is 6.58. The van der Waals surface area contributed by atoms with Gasteiger partial charge < -0.3 is 15.1 Å². The molecule has 0 aliphatic carbocycles. The van der Waals surface area contributed by atoms with Crippen molar-refractivity contribution in [3.8, 4) is 0 Å². The Kier molecular flexibility index (Phi) is 4.74. The molecule has 0 saturated carbocycles. The Bertz CT molecular complexity index is 767. The van der Waals surface area contributed by atoms with Crippen LogP contribution in [0.25, 0.3) is 0 Å². The number of hydrogen-bond donors (Lipinski definition) is 1. The van der Waals surface area contributed by atoms with Crippen molar-refractivity contribution in [3.63, 3.8) is 0 Å². The molecule has 2 amide bonds. The number of aryl methyl sites for hydroxylation is 1. The summed E-state index contributed by atoms with van der Waals surface area (Å²) in [6, 6.07) is 14.7. The van der Waals surface area contributed by atoms with Crippen LogP contribution in [0.3, 0.4) is 0 Å². The van der Waals surface area contributed by atoms with Gasteiger partial charge in [-0.25, -0.2) is 0 Å². The maximum absolute atomic E-state index is 12.6. The summed E-state index contributed by atoms with van der Waals surface area (Å²) in [5, 5.41) is 2.86. The van der Waals surface area contributed by atoms with Gasteiger partial charge in [0.2, 0.25) is 5.91 Å². The zero-order valence-corrected chi connectivity index (χ0v) is 14.8. The van der Waals surface area contributed by atoms with E-state index in [1.165, 1.54) is 0 Å². The Labute approximate surface area is 148 Å². The molecular weight excluding hydrogens is 314 g/mol. The van der Waals surface area contributed by atoms with Gasteiger partial charge >= 0.3 is 0 Å². The van der Waals surface area contributed by atoms with E-state index >= 15 is 0 Å². The number of nitrogens with zero attached hydrogens (tertiary/aromatic N) is 2. The van der Waals surface area contributed by atoms with Crippen molar-refractivity contribution in [2.45, 2.75) is 19.4 Å². The van der Waals surface area contributed by atoms with E-state index in [1.807, 2.05) is 62.3 Å². The van der Waals surface area contributed by atoms with Gasteiger partial charge in [-0.1, -0.05) is 17.7 Å². The predicted octanol–water partition coefficient (Wildman–Crippen LogP) is 2.60. The third kappa shape index (κ3) is 3.65. The third-order valence-corrected chi connectivity index (χ3v) is 4.50. The molecule has 25 heavy (non-hydrogen) atoms. The standard InChI is InChI=1S/C20H23N3O2/c1-14-4-8-17(9-5-14)23-13-12-18(20(23)25)21-19(24)15-6-10-16(11-7-15)22(2)3/h4-11,18H,12-13H2,1-3H3,(H,21,24)/t18-/m0/s1. The molecule has 5 heteroatoms. The highest BCUT2D eigenvalue weighted by atomic mass is 16.2. The van der Waals surface area contributed by atoms with E-state index in [-0.39, 0.29) is 11.8 Å². The number of benzene rings is 2. The highest BCUT2D eigenvalue weighted by Crippen LogP contribution is 2.22. The molecule has 1 N–H and O–H groups in total. The van der Waals surface area contributed by atoms with E-state index in [0.717, 1.165) is 16.9 Å². The number of anilines is 2. The number of nitrogens with one attached hydrogen (secondary N) is 1. The number of rotatable bonds is 4. The summed E-state index contributed by atoms with van der Waals surface area (Å²) in [4.78, 5) is 28.7. The van der Waals surface area contributed by atoms with Gasteiger partial charge in [0.15, 0.2) is 0 Å². The first-order valence-electron chi connectivity index (χ1n) is 8.42. The minimum atomic E-state index is -0.470. The molecule has 0 aromatic heterocycles. The van der Waals surface area contributed by atoms with Gasteiger partial charge in [0.25, 0.3) is 5.91 Å². The topological polar surface area (TPSA) is 52.7 Å². The highest BCUT2D eigenvalue weighted by molar-refractivity contribution is 6.04. The van der Waals surface area contributed by atoms with Crippen molar-refractivity contribution in [1.82, 2.24) is 5.32 Å². The zero-order valence-electron chi connectivity index (χ0n) is 14.8. The molecule has 2 aromatic carbocycles. The molecule has 0 unspecified atom stereocenters. The van der Waals surface area contributed by atoms with Crippen LogP contribution in [0.5, 0.6) is 0 Å². The minimum Gasteiger partial charge on any atom is -0.378 e. The van der Waals surface area contributed by atoms with Crippen LogP contribution in [0.15, 0.2) is 48.5 Å². The summed E-state index contributed by atoms with van der Waals surface area (Å²) in [6.07, 6.45) is 0.619. The van der Waals surface area contributed by atoms with E-state index in [9.17, 15) is 9.59 Å². The molecule has 1 aliphatic heterocycles. The Hall–Kier alpha value is -2.82. The molecule has 1 heterocycles. The molecule has 130 valence electrons. The van der Waals surface area contributed by atoms with Crippen molar-refractivity contribution >= 4 is 23.2 Å². The maximum Gasteiger partial charge on any atom is 0.251 e. The van der Waals surface area contributed by atoms with E-state index < -0.39 is 6.04 Å². The Morgan fingerprint density at radius 2 is 1.72 bits per heavy atom. The van der Waals surface area contributed by atoms with Gasteiger partial charge in [-0.3, -0.25) is 9.59 Å². The summed E-state index contributed by atoms with van der Waals surface area (Å²) in [5.41, 5.74) is 3.62. The van der Waals surface area contributed by atoms with Crippen molar-refractivity contribution in [1.29, 1.82) is 0 Å². The molecular formula is C20H23N3O2. The average molecular weight is 337 g/mol. The molecule has 3 rings (SSSR count). The zero-order chi connectivity index (χ0) is 18.0. The first-order valence-corrected chi connectivity index (χ1v) is 8.42. The van der Waals surface area contributed by atoms with Crippen molar-refractivity contribution in [2.24, 2.45) is 0 Å². The molecule has 1 fully saturated rings. The molecule has 0 bridgehead atoms. The van der Waals surface area contributed by atoms with Crippen LogP contribution in [0, 0.1) is 6.92 Å². The van der Waals surface area contributed by atoms with Crippen LogP contribution in [0.2, 0.25) is 0 Å². The monoisotopic (exact) mass is 337 g/mol. The van der Waals surface area contributed by atoms with Crippen molar-refractivity contribution in [3.05, 3.63) is 59.7 Å². The minimum absolute atomic E-state index is 0.0536. The van der Waals surface area contributed by atoms with Crippen LogP contribution < -0.4 is 15.1 Å². The largest absolute Gasteiger partial charge is 0.378 e. The Balaban J connectivity index is 1.66. The van der Waals surface area contributed by atoms with E-state index in [0.29, 0.717) is 18.5 Å². The van der Waals surface area contributed by atoms with Gasteiger partial charge in [-0.05, 0) is 49.7 Å². The third-order valence-electron chi connectivity index (χ3n) is 4.50. The first-order chi connectivity index (χ1) is 12.0. The molecule has 2 aromatic rings. The molecule has 1 aliphatic rings. The van der Waals surface area contributed by atoms with Gasteiger partial charge in [-0.2, -0.15) is 0 Å². The van der Waals surface area contributed by atoms with Crippen LogP contribution in [-0.2, 0) is 4.79 Å². The van der Waals surface area contributed by atoms with Gasteiger partial charge in [-0.15, -0.1) is 0 Å². The number of amides is 2. The van der Waals surface area contributed by atoms with Gasteiger partial charge in [0, 0.05) is 37.6 Å². The SMILES string of the molecule is Cc1ccc(N2CC[C@H](NC(=O)c3ccc(N(C)C)cc3)C2=O)cc1. The van der Waals surface area contributed by atoms with Gasteiger partial charge in [0.05, 0.1) is 0 Å². The lowest BCUT2D eigenvalue weighted by molar-refractivity contribution is -0.118. The average Bonchev–Trinajstić information content (AvgIpc) is 2.96. The lowest BCUT2D eigenvalue weighted by atomic mass is 10.1. The van der Waals surface area contributed by atoms with E-state index in [4.69, 9.17) is 0 Å². The molecule has 0 spiro atoms. The predicted molar refractivity (Wildman–Crippen MR) is 100 cm³/mol. The first kappa shape index (κ1) is 17.0. The van der Waals surface area contributed by atoms with Gasteiger partial charge in [0.1, 0.15) is 6.04 Å². The molecule has 5 nitrogen and oxygen atoms in total. The van der Waals surface area contributed by atoms with E-state index in [1.54, 1.807) is 17.0 Å². The summed E-state index contributed by atoms with van der Waals surface area (Å²) >= 11 is 0. The molecule has 1 atom stereocenters. The van der Waals surface area contributed by atoms with Crippen molar-refractivity contribution < 1.29 is 9.59 Å². The lowest BCUT2D eigenvalue weighted by Gasteiger charge is -2.17. The van der Waals surface area contributed by atoms with Crippen LogP contribution in [0.1, 0.15) is 22.3 Å². The van der Waals surface area contributed by atoms with Crippen LogP contribution >= 0.6 is 0 Å². The lowest BCUT2D eigenvalue weighted by Crippen LogP contribution is -2.41. The van der Waals surface area contributed by atoms with Crippen molar-refractivity contribution in [2.75, 3.05) is 30.4 Å². The fourth-order valence-electron chi connectivity index (χ4n) is 2.95. The maximum atomic E-state index is 12.6. The fourth-order valence-corrected chi connectivity index (χ4v) is 2.95. The summed E-state index contributed by atoms with van der Waals surface area (Å²) in [6.45, 7) is 2.63. The smallest absolute Gasteiger partial charge is 0.251 e. The molecule has 0 radical (unpaired) electrons. The summed E-state index contributed by atoms with van der Waals surface area (Å²) < 4.78 is 0. The quantitative estimate of drug-likeness (QED) is 0.933. The second-order valence-corrected chi connectivity index (χ2v) is 6.58. The highest BCUT2D eigenvalue weighted by Gasteiger charge is 2.33. The van der Waals surface area contributed by atoms with E-state index in [2.05, 4.69) is 5.32 Å². The Morgan fingerprint density at radius 1 is 1.08 bits per heavy atom. The normalized spacial score (nSPS) is 16.8. The second kappa shape index (κ2) is 6.97. The Morgan fingerprint density at radius 3 is 2.32 bits per heavy atom. The number of carbonyl (C=O) groups excluding carboxylic acids is 2. The number of carbonyl (C=O) groups is 2. The fraction of sp³-hybridized carbons (Fsp3) is 0.300. The number of hydrogen-bond acceptors (Lipinski definition) is 3.